The molecule has 0 unspecified atom stereocenters. The standard InChI is InChI=1S/C20H29N5O2/c1-4-21-20(22-13-9-12-19(26)27-5-2)25(3)15-18-23-14-17(24-18)16-10-7-6-8-11-16/h6-8,10-11,14H,4-5,9,12-13,15H2,1-3H3,(H,21,22)(H,23,24). The number of carbonyl (C=O) groups excluding carboxylic acids is 1. The lowest BCUT2D eigenvalue weighted by atomic mass is 10.2. The van der Waals surface area contributed by atoms with E-state index in [1.54, 1.807) is 0 Å². The van der Waals surface area contributed by atoms with E-state index >= 15 is 0 Å². The Morgan fingerprint density at radius 2 is 2.07 bits per heavy atom. The first kappa shape index (κ1) is 20.5. The zero-order valence-corrected chi connectivity index (χ0v) is 16.4. The summed E-state index contributed by atoms with van der Waals surface area (Å²) in [4.78, 5) is 25.8. The maximum absolute atomic E-state index is 11.4. The smallest absolute Gasteiger partial charge is 0.305 e. The summed E-state index contributed by atoms with van der Waals surface area (Å²) >= 11 is 0. The zero-order chi connectivity index (χ0) is 19.5. The Kier molecular flexibility index (Phi) is 8.35. The number of aromatic amines is 1. The number of imidazole rings is 1. The monoisotopic (exact) mass is 371 g/mol. The first-order valence-electron chi connectivity index (χ1n) is 9.38. The van der Waals surface area contributed by atoms with Crippen LogP contribution in [0, 0.1) is 0 Å². The number of nitrogens with one attached hydrogen (secondary N) is 2. The molecule has 1 heterocycles. The number of aliphatic imine (C=N–C) groups is 1. The Balaban J connectivity index is 1.92. The van der Waals surface area contributed by atoms with Gasteiger partial charge in [-0.05, 0) is 25.8 Å². The number of hydrogen-bond donors (Lipinski definition) is 2. The molecule has 0 radical (unpaired) electrons. The highest BCUT2D eigenvalue weighted by Crippen LogP contribution is 2.16. The van der Waals surface area contributed by atoms with Crippen molar-refractivity contribution in [2.24, 2.45) is 4.99 Å². The van der Waals surface area contributed by atoms with Gasteiger partial charge in [-0.1, -0.05) is 30.3 Å². The predicted molar refractivity (Wildman–Crippen MR) is 107 cm³/mol. The number of aromatic nitrogens is 2. The maximum atomic E-state index is 11.4. The van der Waals surface area contributed by atoms with E-state index in [0.29, 0.717) is 32.5 Å². The Labute approximate surface area is 160 Å². The number of rotatable bonds is 9. The van der Waals surface area contributed by atoms with Gasteiger partial charge in [-0.15, -0.1) is 0 Å². The third-order valence-corrected chi connectivity index (χ3v) is 3.90. The molecule has 2 N–H and O–H groups in total. The fraction of sp³-hybridized carbons (Fsp3) is 0.450. The van der Waals surface area contributed by atoms with Crippen LogP contribution in [0.3, 0.4) is 0 Å². The molecule has 1 aromatic carbocycles. The molecule has 0 spiro atoms. The van der Waals surface area contributed by atoms with Crippen molar-refractivity contribution in [3.8, 4) is 11.3 Å². The van der Waals surface area contributed by atoms with E-state index < -0.39 is 0 Å². The molecule has 0 aliphatic heterocycles. The minimum absolute atomic E-state index is 0.171. The molecule has 0 aliphatic carbocycles. The van der Waals surface area contributed by atoms with E-state index in [1.165, 1.54) is 0 Å². The van der Waals surface area contributed by atoms with Crippen molar-refractivity contribution in [3.05, 3.63) is 42.4 Å². The van der Waals surface area contributed by atoms with Crippen LogP contribution in [0.4, 0.5) is 0 Å². The summed E-state index contributed by atoms with van der Waals surface area (Å²) in [6.45, 7) is 6.21. The van der Waals surface area contributed by atoms with Gasteiger partial charge >= 0.3 is 5.97 Å². The normalized spacial score (nSPS) is 11.3. The number of carbonyl (C=O) groups is 1. The molecule has 7 heteroatoms. The first-order chi connectivity index (χ1) is 13.1. The van der Waals surface area contributed by atoms with Crippen LogP contribution >= 0.6 is 0 Å². The highest BCUT2D eigenvalue weighted by Gasteiger charge is 2.10. The van der Waals surface area contributed by atoms with Gasteiger partial charge in [0, 0.05) is 26.6 Å². The number of benzene rings is 1. The number of esters is 1. The van der Waals surface area contributed by atoms with Gasteiger partial charge in [0.2, 0.25) is 0 Å². The minimum Gasteiger partial charge on any atom is -0.466 e. The predicted octanol–water partition coefficient (Wildman–Crippen LogP) is 2.82. The second-order valence-electron chi connectivity index (χ2n) is 6.11. The third kappa shape index (κ3) is 6.77. The molecule has 1 aromatic heterocycles. The Morgan fingerprint density at radius 3 is 2.78 bits per heavy atom. The second kappa shape index (κ2) is 11.0. The maximum Gasteiger partial charge on any atom is 0.305 e. The number of guanidine groups is 1. The highest BCUT2D eigenvalue weighted by molar-refractivity contribution is 5.79. The Bertz CT molecular complexity index is 727. The molecule has 2 aromatic rings. The molecular formula is C20H29N5O2. The summed E-state index contributed by atoms with van der Waals surface area (Å²) in [5, 5.41) is 3.27. The number of hydrogen-bond acceptors (Lipinski definition) is 4. The van der Waals surface area contributed by atoms with Crippen molar-refractivity contribution in [1.29, 1.82) is 0 Å². The van der Waals surface area contributed by atoms with E-state index in [-0.39, 0.29) is 5.97 Å². The van der Waals surface area contributed by atoms with Crippen molar-refractivity contribution in [2.45, 2.75) is 33.2 Å². The summed E-state index contributed by atoms with van der Waals surface area (Å²) in [7, 11) is 1.97. The lowest BCUT2D eigenvalue weighted by Gasteiger charge is -2.21. The molecule has 2 rings (SSSR count). The van der Waals surface area contributed by atoms with Crippen LogP contribution in [0.25, 0.3) is 11.3 Å². The zero-order valence-electron chi connectivity index (χ0n) is 16.4. The topological polar surface area (TPSA) is 82.6 Å². The van der Waals surface area contributed by atoms with Crippen LogP contribution in [0.2, 0.25) is 0 Å². The molecule has 0 amide bonds. The Hall–Kier alpha value is -2.83. The molecule has 146 valence electrons. The Morgan fingerprint density at radius 1 is 1.30 bits per heavy atom. The molecular weight excluding hydrogens is 342 g/mol. The van der Waals surface area contributed by atoms with Gasteiger partial charge < -0.3 is 19.9 Å². The van der Waals surface area contributed by atoms with Crippen LogP contribution in [-0.2, 0) is 16.1 Å². The SMILES string of the molecule is CCNC(=NCCCC(=O)OCC)N(C)Cc1ncc(-c2ccccc2)[nH]1. The molecule has 0 saturated heterocycles. The quantitative estimate of drug-likeness (QED) is 0.307. The van der Waals surface area contributed by atoms with Crippen molar-refractivity contribution >= 4 is 11.9 Å². The molecule has 0 saturated carbocycles. The minimum atomic E-state index is -0.171. The van der Waals surface area contributed by atoms with Crippen LogP contribution in [0.1, 0.15) is 32.5 Å². The molecule has 27 heavy (non-hydrogen) atoms. The van der Waals surface area contributed by atoms with Crippen molar-refractivity contribution in [3.63, 3.8) is 0 Å². The second-order valence-corrected chi connectivity index (χ2v) is 6.11. The van der Waals surface area contributed by atoms with E-state index in [2.05, 4.69) is 32.4 Å². The number of H-pyrrole nitrogens is 1. The van der Waals surface area contributed by atoms with E-state index in [1.807, 2.05) is 50.2 Å². The molecule has 0 aliphatic rings. The van der Waals surface area contributed by atoms with Gasteiger partial charge in [0.15, 0.2) is 5.96 Å². The summed E-state index contributed by atoms with van der Waals surface area (Å²) in [6, 6.07) is 10.1. The fourth-order valence-corrected chi connectivity index (χ4v) is 2.62. The summed E-state index contributed by atoms with van der Waals surface area (Å²) in [5.74, 6) is 1.49. The number of nitrogens with zero attached hydrogens (tertiary/aromatic N) is 3. The molecule has 0 fully saturated rings. The lowest BCUT2D eigenvalue weighted by Crippen LogP contribution is -2.38. The largest absolute Gasteiger partial charge is 0.466 e. The van der Waals surface area contributed by atoms with Crippen molar-refractivity contribution in [2.75, 3.05) is 26.7 Å². The fourth-order valence-electron chi connectivity index (χ4n) is 2.62. The average molecular weight is 371 g/mol. The van der Waals surface area contributed by atoms with Gasteiger partial charge in [-0.25, -0.2) is 4.98 Å². The van der Waals surface area contributed by atoms with Crippen LogP contribution < -0.4 is 5.32 Å². The summed E-state index contributed by atoms with van der Waals surface area (Å²) in [5.41, 5.74) is 2.11. The van der Waals surface area contributed by atoms with Gasteiger partial charge in [-0.2, -0.15) is 0 Å². The van der Waals surface area contributed by atoms with Crippen molar-refractivity contribution in [1.82, 2.24) is 20.2 Å². The van der Waals surface area contributed by atoms with Gasteiger partial charge in [0.05, 0.1) is 25.0 Å². The van der Waals surface area contributed by atoms with Gasteiger partial charge in [0.25, 0.3) is 0 Å². The molecule has 0 atom stereocenters. The summed E-state index contributed by atoms with van der Waals surface area (Å²) < 4.78 is 4.94. The highest BCUT2D eigenvalue weighted by atomic mass is 16.5. The average Bonchev–Trinajstić information content (AvgIpc) is 3.13. The summed E-state index contributed by atoms with van der Waals surface area (Å²) in [6.07, 6.45) is 2.90. The number of ether oxygens (including phenoxy) is 1. The van der Waals surface area contributed by atoms with Gasteiger partial charge in [0.1, 0.15) is 5.82 Å². The van der Waals surface area contributed by atoms with Gasteiger partial charge in [-0.3, -0.25) is 9.79 Å². The van der Waals surface area contributed by atoms with E-state index in [4.69, 9.17) is 4.74 Å². The van der Waals surface area contributed by atoms with E-state index in [9.17, 15) is 4.79 Å². The van der Waals surface area contributed by atoms with E-state index in [0.717, 1.165) is 29.6 Å². The molecule has 0 bridgehead atoms. The molecule has 7 nitrogen and oxygen atoms in total. The van der Waals surface area contributed by atoms with Crippen molar-refractivity contribution < 1.29 is 9.53 Å². The lowest BCUT2D eigenvalue weighted by molar-refractivity contribution is -0.143. The first-order valence-corrected chi connectivity index (χ1v) is 9.38. The van der Waals surface area contributed by atoms with Crippen LogP contribution in [0.5, 0.6) is 0 Å². The third-order valence-electron chi connectivity index (χ3n) is 3.90. The van der Waals surface area contributed by atoms with Crippen LogP contribution in [-0.4, -0.2) is 53.5 Å². The van der Waals surface area contributed by atoms with Crippen LogP contribution in [0.15, 0.2) is 41.5 Å².